The third kappa shape index (κ3) is 1.98. The Hall–Kier alpha value is -1.28. The van der Waals surface area contributed by atoms with Crippen LogP contribution in [0.4, 0.5) is 5.69 Å². The van der Waals surface area contributed by atoms with E-state index in [0.717, 1.165) is 4.47 Å². The molecule has 2 aromatic carbocycles. The van der Waals surface area contributed by atoms with E-state index in [-0.39, 0.29) is 0 Å². The van der Waals surface area contributed by atoms with Gasteiger partial charge in [-0.2, -0.15) is 0 Å². The molecular weight excluding hydrogens is 274 g/mol. The van der Waals surface area contributed by atoms with Gasteiger partial charge in [-0.3, -0.25) is 0 Å². The first-order chi connectivity index (χ1) is 8.27. The highest BCUT2D eigenvalue weighted by Gasteiger charge is 2.44. The van der Waals surface area contributed by atoms with Crippen molar-refractivity contribution < 1.29 is 0 Å². The van der Waals surface area contributed by atoms with Gasteiger partial charge >= 0.3 is 0 Å². The van der Waals surface area contributed by atoms with Gasteiger partial charge in [0.25, 0.3) is 0 Å². The molecule has 2 unspecified atom stereocenters. The summed E-state index contributed by atoms with van der Waals surface area (Å²) in [6, 6.07) is 20.4. The second-order valence-corrected chi connectivity index (χ2v) is 5.40. The molecule has 1 saturated heterocycles. The van der Waals surface area contributed by atoms with Crippen molar-refractivity contribution in [3.8, 4) is 0 Å². The Bertz CT molecular complexity index is 506. The van der Waals surface area contributed by atoms with Gasteiger partial charge in [0.15, 0.2) is 0 Å². The van der Waals surface area contributed by atoms with E-state index in [9.17, 15) is 0 Å². The number of hydrogen-bond acceptors (Lipinski definition) is 1. The number of anilines is 1. The van der Waals surface area contributed by atoms with Crippen molar-refractivity contribution in [2.24, 2.45) is 0 Å². The Kier molecular flexibility index (Phi) is 2.67. The summed E-state index contributed by atoms with van der Waals surface area (Å²) in [5, 5.41) is 0. The predicted octanol–water partition coefficient (Wildman–Crippen LogP) is 4.40. The van der Waals surface area contributed by atoms with Crippen LogP contribution in [-0.2, 0) is 0 Å². The molecule has 0 saturated carbocycles. The molecule has 0 aromatic heterocycles. The van der Waals surface area contributed by atoms with Crippen molar-refractivity contribution in [3.05, 3.63) is 64.6 Å². The van der Waals surface area contributed by atoms with Gasteiger partial charge < -0.3 is 4.90 Å². The summed E-state index contributed by atoms with van der Waals surface area (Å²) in [6.45, 7) is 2.28. The lowest BCUT2D eigenvalue weighted by Crippen LogP contribution is -1.95. The summed E-state index contributed by atoms with van der Waals surface area (Å²) in [7, 11) is 0. The average molecular weight is 288 g/mol. The first-order valence-electron chi connectivity index (χ1n) is 5.86. The number of rotatable bonds is 2. The molecule has 0 radical (unpaired) electrons. The summed E-state index contributed by atoms with van der Waals surface area (Å²) < 4.78 is 1.13. The maximum absolute atomic E-state index is 3.47. The third-order valence-corrected chi connectivity index (χ3v) is 3.90. The average Bonchev–Trinajstić information content (AvgIpc) is 3.03. The highest BCUT2D eigenvalue weighted by Crippen LogP contribution is 2.46. The zero-order valence-electron chi connectivity index (χ0n) is 9.68. The van der Waals surface area contributed by atoms with Crippen LogP contribution < -0.4 is 4.90 Å². The van der Waals surface area contributed by atoms with Crippen LogP contribution in [-0.4, -0.2) is 6.04 Å². The fraction of sp³-hybridized carbons (Fsp3) is 0.200. The molecule has 17 heavy (non-hydrogen) atoms. The smallest absolute Gasteiger partial charge is 0.0747 e. The molecule has 86 valence electrons. The lowest BCUT2D eigenvalue weighted by atomic mass is 10.1. The maximum atomic E-state index is 3.47. The first kappa shape index (κ1) is 10.8. The first-order valence-corrected chi connectivity index (χ1v) is 6.65. The van der Waals surface area contributed by atoms with Crippen LogP contribution in [0.1, 0.15) is 18.5 Å². The lowest BCUT2D eigenvalue weighted by Gasteiger charge is -2.06. The molecule has 0 amide bonds. The topological polar surface area (TPSA) is 3.01 Å². The molecule has 2 atom stereocenters. The minimum atomic E-state index is 0.539. The van der Waals surface area contributed by atoms with E-state index in [1.54, 1.807) is 0 Å². The molecule has 2 heteroatoms. The van der Waals surface area contributed by atoms with E-state index in [1.165, 1.54) is 11.3 Å². The largest absolute Gasteiger partial charge is 0.357 e. The van der Waals surface area contributed by atoms with Crippen molar-refractivity contribution in [1.82, 2.24) is 0 Å². The molecule has 1 nitrogen and oxygen atoms in total. The van der Waals surface area contributed by atoms with Crippen LogP contribution in [0, 0.1) is 0 Å². The van der Waals surface area contributed by atoms with Gasteiger partial charge in [-0.15, -0.1) is 0 Å². The van der Waals surface area contributed by atoms with Crippen LogP contribution in [0.3, 0.4) is 0 Å². The van der Waals surface area contributed by atoms with Gasteiger partial charge in [0, 0.05) is 10.2 Å². The van der Waals surface area contributed by atoms with Crippen molar-refractivity contribution in [2.75, 3.05) is 4.90 Å². The number of hydrogen-bond donors (Lipinski definition) is 0. The van der Waals surface area contributed by atoms with E-state index >= 15 is 0 Å². The van der Waals surface area contributed by atoms with Crippen LogP contribution in [0.25, 0.3) is 0 Å². The molecule has 1 aliphatic rings. The molecule has 1 heterocycles. The molecule has 0 N–H and O–H groups in total. The molecule has 2 aromatic rings. The Balaban J connectivity index is 1.86. The Morgan fingerprint density at radius 2 is 1.59 bits per heavy atom. The van der Waals surface area contributed by atoms with Crippen molar-refractivity contribution >= 4 is 21.6 Å². The van der Waals surface area contributed by atoms with Crippen molar-refractivity contribution in [1.29, 1.82) is 0 Å². The van der Waals surface area contributed by atoms with Crippen LogP contribution >= 0.6 is 15.9 Å². The van der Waals surface area contributed by atoms with Gasteiger partial charge in [-0.1, -0.05) is 46.3 Å². The maximum Gasteiger partial charge on any atom is 0.0747 e. The summed E-state index contributed by atoms with van der Waals surface area (Å²) in [6.07, 6.45) is 0. The molecule has 3 rings (SSSR count). The van der Waals surface area contributed by atoms with E-state index in [0.29, 0.717) is 12.1 Å². The summed E-state index contributed by atoms with van der Waals surface area (Å²) in [5.74, 6) is 0. The molecule has 1 fully saturated rings. The minimum Gasteiger partial charge on any atom is -0.357 e. The zero-order valence-corrected chi connectivity index (χ0v) is 11.3. The van der Waals surface area contributed by atoms with E-state index in [1.807, 2.05) is 0 Å². The Morgan fingerprint density at radius 1 is 0.941 bits per heavy atom. The highest BCUT2D eigenvalue weighted by atomic mass is 79.9. The summed E-state index contributed by atoms with van der Waals surface area (Å²) in [5.41, 5.74) is 2.71. The number of benzene rings is 2. The van der Waals surface area contributed by atoms with E-state index in [4.69, 9.17) is 0 Å². The number of nitrogens with zero attached hydrogens (tertiary/aromatic N) is 1. The molecule has 0 aliphatic carbocycles. The summed E-state index contributed by atoms with van der Waals surface area (Å²) >= 11 is 3.47. The second kappa shape index (κ2) is 4.19. The van der Waals surface area contributed by atoms with Crippen molar-refractivity contribution in [3.63, 3.8) is 0 Å². The fourth-order valence-electron chi connectivity index (χ4n) is 2.45. The zero-order chi connectivity index (χ0) is 11.8. The molecule has 1 aliphatic heterocycles. The Morgan fingerprint density at radius 3 is 2.24 bits per heavy atom. The third-order valence-electron chi connectivity index (χ3n) is 3.37. The minimum absolute atomic E-state index is 0.539. The van der Waals surface area contributed by atoms with Crippen LogP contribution in [0.2, 0.25) is 0 Å². The quantitative estimate of drug-likeness (QED) is 0.740. The Labute approximate surface area is 110 Å². The second-order valence-electron chi connectivity index (χ2n) is 4.48. The summed E-state index contributed by atoms with van der Waals surface area (Å²) in [4.78, 5) is 2.45. The molecule has 0 bridgehead atoms. The normalized spacial score (nSPS) is 22.6. The van der Waals surface area contributed by atoms with E-state index < -0.39 is 0 Å². The van der Waals surface area contributed by atoms with Crippen LogP contribution in [0.15, 0.2) is 59.1 Å². The van der Waals surface area contributed by atoms with Crippen molar-refractivity contribution in [2.45, 2.75) is 19.0 Å². The fourth-order valence-corrected chi connectivity index (χ4v) is 2.71. The standard InChI is InChI=1S/C15H14BrN/c1-11-15(12-5-3-2-4-6-12)17(11)14-9-7-13(16)8-10-14/h2-11,15H,1H3. The van der Waals surface area contributed by atoms with Gasteiger partial charge in [-0.25, -0.2) is 0 Å². The highest BCUT2D eigenvalue weighted by molar-refractivity contribution is 9.10. The monoisotopic (exact) mass is 287 g/mol. The lowest BCUT2D eigenvalue weighted by molar-refractivity contribution is 1.04. The predicted molar refractivity (Wildman–Crippen MR) is 75.3 cm³/mol. The van der Waals surface area contributed by atoms with Gasteiger partial charge in [0.05, 0.1) is 12.1 Å². The SMILES string of the molecule is CC1C(c2ccccc2)N1c1ccc(Br)cc1. The van der Waals surface area contributed by atoms with Gasteiger partial charge in [-0.05, 0) is 36.8 Å². The van der Waals surface area contributed by atoms with Gasteiger partial charge in [0.1, 0.15) is 0 Å². The molecule has 0 spiro atoms. The number of halogens is 1. The van der Waals surface area contributed by atoms with E-state index in [2.05, 4.69) is 82.4 Å². The van der Waals surface area contributed by atoms with Crippen LogP contribution in [0.5, 0.6) is 0 Å². The molecular formula is C15H14BrN. The van der Waals surface area contributed by atoms with Gasteiger partial charge in [0.2, 0.25) is 0 Å².